The number of aliphatic hydroxyl groups is 1. The molecular weight excluding hydrogens is 217 g/mol. The molecule has 1 aliphatic heterocycles. The summed E-state index contributed by atoms with van der Waals surface area (Å²) in [7, 11) is 0. The fourth-order valence-corrected chi connectivity index (χ4v) is 1.33. The van der Waals surface area contributed by atoms with Gasteiger partial charge in [-0.1, -0.05) is 18.2 Å². The Kier molecular flexibility index (Phi) is 4.29. The second kappa shape index (κ2) is 5.30. The molecule has 1 aromatic carbocycles. The first-order valence-electron chi connectivity index (χ1n) is 4.43. The van der Waals surface area contributed by atoms with E-state index in [1.165, 1.54) is 0 Å². The Balaban J connectivity index is 0.00000128. The molecule has 1 N–H and O–H groups in total. The molecule has 0 aliphatic carbocycles. The Bertz CT molecular complexity index is 480. The van der Waals surface area contributed by atoms with Crippen molar-refractivity contribution in [2.45, 2.75) is 6.92 Å². The summed E-state index contributed by atoms with van der Waals surface area (Å²) in [5.41, 5.74) is 1.64. The van der Waals surface area contributed by atoms with Crippen LogP contribution in [0.2, 0.25) is 0 Å². The van der Waals surface area contributed by atoms with Gasteiger partial charge in [0.25, 0.3) is 0 Å². The van der Waals surface area contributed by atoms with Crippen molar-refractivity contribution in [3.63, 3.8) is 0 Å². The molecule has 4 nitrogen and oxygen atoms in total. The average Bonchev–Trinajstić information content (AvgIpc) is 2.60. The molecule has 0 amide bonds. The van der Waals surface area contributed by atoms with Gasteiger partial charge in [0.15, 0.2) is 5.70 Å². The van der Waals surface area contributed by atoms with Gasteiger partial charge in [-0.05, 0) is 18.6 Å². The second-order valence-electron chi connectivity index (χ2n) is 3.14. The number of benzene rings is 1. The van der Waals surface area contributed by atoms with E-state index < -0.39 is 5.97 Å². The first-order valence-corrected chi connectivity index (χ1v) is 4.43. The van der Waals surface area contributed by atoms with Crippen LogP contribution in [0.15, 0.2) is 41.2 Å². The van der Waals surface area contributed by atoms with E-state index in [1.54, 1.807) is 0 Å². The third kappa shape index (κ3) is 2.35. The monoisotopic (exact) mass is 227 g/mol. The zero-order chi connectivity index (χ0) is 10.8. The van der Waals surface area contributed by atoms with E-state index in [4.69, 9.17) is 9.84 Å². The third-order valence-corrected chi connectivity index (χ3v) is 2.12. The molecule has 5 heteroatoms. The summed E-state index contributed by atoms with van der Waals surface area (Å²) in [6, 6.07) is 7.42. The summed E-state index contributed by atoms with van der Waals surface area (Å²) in [4.78, 5) is 15.0. The van der Waals surface area contributed by atoms with Gasteiger partial charge in [-0.2, -0.15) is 0 Å². The maximum atomic E-state index is 11.1. The predicted octanol–water partition coefficient (Wildman–Crippen LogP) is 1.05. The van der Waals surface area contributed by atoms with E-state index in [2.05, 4.69) is 4.99 Å². The van der Waals surface area contributed by atoms with Gasteiger partial charge in [0.2, 0.25) is 5.90 Å². The number of cyclic esters (lactones) is 1. The number of nitrogens with zero attached hydrogens (tertiary/aromatic N) is 1. The van der Waals surface area contributed by atoms with Crippen LogP contribution in [-0.4, -0.2) is 46.5 Å². The van der Waals surface area contributed by atoms with Crippen LogP contribution >= 0.6 is 0 Å². The van der Waals surface area contributed by atoms with E-state index in [1.807, 2.05) is 31.2 Å². The number of hydrogen-bond donors (Lipinski definition) is 1. The van der Waals surface area contributed by atoms with Crippen LogP contribution in [0.5, 0.6) is 0 Å². The van der Waals surface area contributed by atoms with Gasteiger partial charge >= 0.3 is 35.5 Å². The van der Waals surface area contributed by atoms with Gasteiger partial charge in [-0.25, -0.2) is 9.79 Å². The Morgan fingerprint density at radius 2 is 2.06 bits per heavy atom. The molecule has 16 heavy (non-hydrogen) atoms. The van der Waals surface area contributed by atoms with Crippen LogP contribution < -0.4 is 0 Å². The zero-order valence-corrected chi connectivity index (χ0v) is 8.10. The summed E-state index contributed by atoms with van der Waals surface area (Å²) in [6.07, 6.45) is 0.646. The first kappa shape index (κ1) is 13.0. The molecule has 0 fully saturated rings. The molecule has 1 heterocycles. The number of aliphatic hydroxyl groups excluding tert-OH is 1. The molecule has 0 radical (unpaired) electrons. The molecule has 0 atom stereocenters. The molecule has 1 aromatic rings. The van der Waals surface area contributed by atoms with Crippen molar-refractivity contribution in [1.29, 1.82) is 0 Å². The van der Waals surface area contributed by atoms with E-state index in [9.17, 15) is 4.79 Å². The normalized spacial score (nSPS) is 16.7. The van der Waals surface area contributed by atoms with Crippen molar-refractivity contribution in [3.05, 3.63) is 47.4 Å². The summed E-state index contributed by atoms with van der Waals surface area (Å²) in [5, 5.41) is 8.70. The van der Waals surface area contributed by atoms with Crippen LogP contribution in [0.4, 0.5) is 0 Å². The van der Waals surface area contributed by atoms with E-state index >= 15 is 0 Å². The van der Waals surface area contributed by atoms with Crippen molar-refractivity contribution < 1.29 is 14.6 Å². The fraction of sp³-hybridized carbons (Fsp3) is 0.0909. The standard InChI is InChI=1S/C11H9NO3.Na.H/c1-7-4-2-3-5-8(7)10-12-9(6-13)11(14)15-10;;/h2-6,13H,1H3;;. The predicted molar refractivity (Wildman–Crippen MR) is 61.7 cm³/mol. The van der Waals surface area contributed by atoms with Gasteiger partial charge in [-0.3, -0.25) is 0 Å². The first-order chi connectivity index (χ1) is 7.22. The van der Waals surface area contributed by atoms with Crippen molar-refractivity contribution in [1.82, 2.24) is 0 Å². The van der Waals surface area contributed by atoms with Gasteiger partial charge in [0.05, 0.1) is 0 Å². The number of aliphatic imine (C=N–C) groups is 1. The SMILES string of the molecule is Cc1ccccc1C1=NC(=CO)C(=O)O1.[NaH]. The van der Waals surface area contributed by atoms with Gasteiger partial charge in [0, 0.05) is 5.56 Å². The molecule has 0 saturated heterocycles. The molecule has 78 valence electrons. The number of hydrogen-bond acceptors (Lipinski definition) is 4. The minimum atomic E-state index is -0.629. The molecule has 0 aromatic heterocycles. The Morgan fingerprint density at radius 3 is 2.62 bits per heavy atom. The maximum absolute atomic E-state index is 11.1. The molecular formula is C11H10NNaO3. The number of carbonyl (C=O) groups excluding carboxylic acids is 1. The van der Waals surface area contributed by atoms with E-state index in [-0.39, 0.29) is 41.2 Å². The topological polar surface area (TPSA) is 58.9 Å². The molecule has 2 rings (SSSR count). The molecule has 0 spiro atoms. The summed E-state index contributed by atoms with van der Waals surface area (Å²) in [5.74, 6) is -0.394. The second-order valence-corrected chi connectivity index (χ2v) is 3.14. The Labute approximate surface area is 115 Å². The van der Waals surface area contributed by atoms with Crippen molar-refractivity contribution >= 4 is 41.4 Å². The molecule has 1 aliphatic rings. The van der Waals surface area contributed by atoms with E-state index in [0.29, 0.717) is 6.26 Å². The Hall–Kier alpha value is -1.10. The number of carbonyl (C=O) groups is 1. The van der Waals surface area contributed by atoms with Crippen LogP contribution in [0.1, 0.15) is 11.1 Å². The van der Waals surface area contributed by atoms with Crippen LogP contribution in [0.25, 0.3) is 0 Å². The quantitative estimate of drug-likeness (QED) is 0.337. The summed E-state index contributed by atoms with van der Waals surface area (Å²) in [6.45, 7) is 1.90. The minimum absolute atomic E-state index is 0. The molecule has 0 unspecified atom stereocenters. The number of rotatable bonds is 1. The average molecular weight is 227 g/mol. The third-order valence-electron chi connectivity index (χ3n) is 2.12. The zero-order valence-electron chi connectivity index (χ0n) is 8.10. The summed E-state index contributed by atoms with van der Waals surface area (Å²) >= 11 is 0. The molecule has 0 saturated carbocycles. The Morgan fingerprint density at radius 1 is 1.38 bits per heavy atom. The van der Waals surface area contributed by atoms with Gasteiger partial charge in [-0.15, -0.1) is 0 Å². The number of ether oxygens (including phenoxy) is 1. The number of aryl methyl sites for hydroxylation is 1. The van der Waals surface area contributed by atoms with Crippen LogP contribution in [0, 0.1) is 6.92 Å². The fourth-order valence-electron chi connectivity index (χ4n) is 1.33. The van der Waals surface area contributed by atoms with Gasteiger partial charge < -0.3 is 9.84 Å². The summed E-state index contributed by atoms with van der Waals surface area (Å²) < 4.78 is 4.91. The van der Waals surface area contributed by atoms with Crippen molar-refractivity contribution in [2.24, 2.45) is 4.99 Å². The van der Waals surface area contributed by atoms with Crippen LogP contribution in [0.3, 0.4) is 0 Å². The molecule has 0 bridgehead atoms. The van der Waals surface area contributed by atoms with Crippen molar-refractivity contribution in [2.75, 3.05) is 0 Å². The van der Waals surface area contributed by atoms with Crippen molar-refractivity contribution in [3.8, 4) is 0 Å². The van der Waals surface area contributed by atoms with Crippen LogP contribution in [-0.2, 0) is 9.53 Å². The number of esters is 1. The van der Waals surface area contributed by atoms with Gasteiger partial charge in [0.1, 0.15) is 6.26 Å². The van der Waals surface area contributed by atoms with E-state index in [0.717, 1.165) is 11.1 Å².